The molecule has 0 aliphatic heterocycles. The molecule has 2 aromatic rings. The summed E-state index contributed by atoms with van der Waals surface area (Å²) in [5, 5.41) is 10.4. The van der Waals surface area contributed by atoms with E-state index < -0.39 is 6.10 Å². The lowest BCUT2D eigenvalue weighted by molar-refractivity contribution is 0.173. The minimum Gasteiger partial charge on any atom is -0.388 e. The highest BCUT2D eigenvalue weighted by atomic mass is 79.9. The molecule has 1 unspecified atom stereocenters. The van der Waals surface area contributed by atoms with E-state index in [0.29, 0.717) is 6.42 Å². The van der Waals surface area contributed by atoms with Crippen molar-refractivity contribution < 1.29 is 5.11 Å². The Morgan fingerprint density at radius 2 is 2.16 bits per heavy atom. The lowest BCUT2D eigenvalue weighted by Gasteiger charge is -2.14. The molecule has 0 bridgehead atoms. The molecule has 0 radical (unpaired) electrons. The molecule has 0 saturated carbocycles. The molecule has 5 heteroatoms. The third-order valence-electron chi connectivity index (χ3n) is 2.96. The van der Waals surface area contributed by atoms with Crippen molar-refractivity contribution in [2.24, 2.45) is 0 Å². The van der Waals surface area contributed by atoms with Crippen LogP contribution in [0, 0.1) is 0 Å². The van der Waals surface area contributed by atoms with E-state index >= 15 is 0 Å². The average Bonchev–Trinajstić information content (AvgIpc) is 2.80. The van der Waals surface area contributed by atoms with Crippen molar-refractivity contribution >= 4 is 31.9 Å². The maximum absolute atomic E-state index is 10.4. The number of hydrogen-bond acceptors (Lipinski definition) is 2. The lowest BCUT2D eigenvalue weighted by atomic mass is 10.1. The molecule has 2 rings (SSSR count). The molecule has 1 atom stereocenters. The normalized spacial score (nSPS) is 12.6. The molecule has 1 N–H and O–H groups in total. The van der Waals surface area contributed by atoms with Crippen molar-refractivity contribution in [3.8, 4) is 0 Å². The van der Waals surface area contributed by atoms with Gasteiger partial charge in [-0.15, -0.1) is 0 Å². The molecule has 0 fully saturated rings. The first-order valence-corrected chi connectivity index (χ1v) is 7.83. The number of hydrogen-bond donors (Lipinski definition) is 1. The van der Waals surface area contributed by atoms with E-state index in [4.69, 9.17) is 0 Å². The second kappa shape index (κ2) is 6.68. The van der Waals surface area contributed by atoms with E-state index in [2.05, 4.69) is 48.3 Å². The number of aryl methyl sites for hydroxylation is 1. The standard InChI is InChI=1S/C14H16Br2N2O/c1-2-6-18-7-5-17-14(18)9-13(19)11-8-10(15)3-4-12(11)16/h3-5,7-8,13,19H,2,6,9H2,1H3. The Labute approximate surface area is 129 Å². The quantitative estimate of drug-likeness (QED) is 0.838. The Morgan fingerprint density at radius 3 is 2.89 bits per heavy atom. The van der Waals surface area contributed by atoms with Crippen LogP contribution in [0.25, 0.3) is 0 Å². The molecule has 1 aromatic heterocycles. The Hall–Kier alpha value is -0.650. The van der Waals surface area contributed by atoms with Gasteiger partial charge in [-0.1, -0.05) is 38.8 Å². The highest BCUT2D eigenvalue weighted by Gasteiger charge is 2.15. The Morgan fingerprint density at radius 1 is 1.37 bits per heavy atom. The van der Waals surface area contributed by atoms with Crippen LogP contribution in [0.3, 0.4) is 0 Å². The van der Waals surface area contributed by atoms with Gasteiger partial charge in [-0.05, 0) is 30.2 Å². The van der Waals surface area contributed by atoms with Gasteiger partial charge in [-0.2, -0.15) is 0 Å². The Kier molecular flexibility index (Phi) is 5.19. The first kappa shape index (κ1) is 14.8. The third kappa shape index (κ3) is 3.68. The van der Waals surface area contributed by atoms with Crippen LogP contribution in [0.5, 0.6) is 0 Å². The number of aromatic nitrogens is 2. The summed E-state index contributed by atoms with van der Waals surface area (Å²) >= 11 is 6.91. The smallest absolute Gasteiger partial charge is 0.111 e. The van der Waals surface area contributed by atoms with Gasteiger partial charge in [-0.25, -0.2) is 4.98 Å². The molecular formula is C14H16Br2N2O. The van der Waals surface area contributed by atoms with Gasteiger partial charge in [0.1, 0.15) is 5.82 Å². The summed E-state index contributed by atoms with van der Waals surface area (Å²) in [5.41, 5.74) is 0.875. The molecule has 0 aliphatic carbocycles. The van der Waals surface area contributed by atoms with E-state index in [9.17, 15) is 5.11 Å². The van der Waals surface area contributed by atoms with E-state index in [1.165, 1.54) is 0 Å². The number of nitrogens with zero attached hydrogens (tertiary/aromatic N) is 2. The molecule has 0 amide bonds. The molecule has 0 saturated heterocycles. The van der Waals surface area contributed by atoms with Gasteiger partial charge in [0.2, 0.25) is 0 Å². The zero-order valence-electron chi connectivity index (χ0n) is 10.7. The van der Waals surface area contributed by atoms with Crippen molar-refractivity contribution in [1.29, 1.82) is 0 Å². The van der Waals surface area contributed by atoms with Crippen LogP contribution in [-0.2, 0) is 13.0 Å². The summed E-state index contributed by atoms with van der Waals surface area (Å²) in [5.74, 6) is 0.918. The van der Waals surface area contributed by atoms with Gasteiger partial charge >= 0.3 is 0 Å². The number of rotatable bonds is 5. The van der Waals surface area contributed by atoms with Crippen molar-refractivity contribution in [2.75, 3.05) is 0 Å². The minimum absolute atomic E-state index is 0.516. The monoisotopic (exact) mass is 386 g/mol. The van der Waals surface area contributed by atoms with Gasteiger partial charge in [0, 0.05) is 34.3 Å². The highest BCUT2D eigenvalue weighted by Crippen LogP contribution is 2.28. The van der Waals surface area contributed by atoms with Crippen LogP contribution in [0.15, 0.2) is 39.5 Å². The second-order valence-corrected chi connectivity index (χ2v) is 6.19. The van der Waals surface area contributed by atoms with Crippen LogP contribution < -0.4 is 0 Å². The molecule has 0 spiro atoms. The van der Waals surface area contributed by atoms with Crippen molar-refractivity contribution in [2.45, 2.75) is 32.4 Å². The zero-order chi connectivity index (χ0) is 13.8. The van der Waals surface area contributed by atoms with E-state index in [1.54, 1.807) is 6.20 Å². The zero-order valence-corrected chi connectivity index (χ0v) is 13.9. The van der Waals surface area contributed by atoms with E-state index in [1.807, 2.05) is 24.4 Å². The molecule has 1 aromatic carbocycles. The second-order valence-electron chi connectivity index (χ2n) is 4.42. The van der Waals surface area contributed by atoms with Crippen LogP contribution in [0.2, 0.25) is 0 Å². The van der Waals surface area contributed by atoms with Gasteiger partial charge in [0.25, 0.3) is 0 Å². The van der Waals surface area contributed by atoms with E-state index in [-0.39, 0.29) is 0 Å². The molecule has 3 nitrogen and oxygen atoms in total. The number of halogens is 2. The minimum atomic E-state index is -0.565. The molecular weight excluding hydrogens is 372 g/mol. The summed E-state index contributed by atoms with van der Waals surface area (Å²) in [7, 11) is 0. The largest absolute Gasteiger partial charge is 0.388 e. The lowest BCUT2D eigenvalue weighted by Crippen LogP contribution is -2.09. The molecule has 19 heavy (non-hydrogen) atoms. The number of benzene rings is 1. The number of imidazole rings is 1. The fraction of sp³-hybridized carbons (Fsp3) is 0.357. The summed E-state index contributed by atoms with van der Waals surface area (Å²) in [4.78, 5) is 4.33. The van der Waals surface area contributed by atoms with Crippen molar-refractivity contribution in [3.05, 3.63) is 50.9 Å². The number of aliphatic hydroxyl groups excluding tert-OH is 1. The predicted molar refractivity (Wildman–Crippen MR) is 83.0 cm³/mol. The van der Waals surface area contributed by atoms with E-state index in [0.717, 1.165) is 33.3 Å². The topological polar surface area (TPSA) is 38.0 Å². The van der Waals surface area contributed by atoms with Crippen LogP contribution in [0.1, 0.15) is 30.8 Å². The maximum Gasteiger partial charge on any atom is 0.111 e. The summed E-state index contributed by atoms with van der Waals surface area (Å²) in [6.45, 7) is 3.06. The maximum atomic E-state index is 10.4. The molecule has 102 valence electrons. The van der Waals surface area contributed by atoms with Gasteiger partial charge in [0.05, 0.1) is 6.10 Å². The number of aliphatic hydroxyl groups is 1. The highest BCUT2D eigenvalue weighted by molar-refractivity contribution is 9.11. The summed E-state index contributed by atoms with van der Waals surface area (Å²) in [6, 6.07) is 5.81. The van der Waals surface area contributed by atoms with Gasteiger partial charge in [-0.3, -0.25) is 0 Å². The van der Waals surface area contributed by atoms with Gasteiger partial charge < -0.3 is 9.67 Å². The fourth-order valence-electron chi connectivity index (χ4n) is 2.03. The Balaban J connectivity index is 2.18. The van der Waals surface area contributed by atoms with Crippen molar-refractivity contribution in [1.82, 2.24) is 9.55 Å². The first-order valence-electron chi connectivity index (χ1n) is 6.24. The van der Waals surface area contributed by atoms with Crippen molar-refractivity contribution in [3.63, 3.8) is 0 Å². The third-order valence-corrected chi connectivity index (χ3v) is 4.17. The van der Waals surface area contributed by atoms with Crippen LogP contribution in [0.4, 0.5) is 0 Å². The molecule has 1 heterocycles. The van der Waals surface area contributed by atoms with Crippen LogP contribution in [-0.4, -0.2) is 14.7 Å². The van der Waals surface area contributed by atoms with Crippen LogP contribution >= 0.6 is 31.9 Å². The summed E-state index contributed by atoms with van der Waals surface area (Å²) in [6.07, 6.45) is 4.75. The Bertz CT molecular complexity index is 554. The van der Waals surface area contributed by atoms with Gasteiger partial charge in [0.15, 0.2) is 0 Å². The average molecular weight is 388 g/mol. The summed E-state index contributed by atoms with van der Waals surface area (Å²) < 4.78 is 3.97. The first-order chi connectivity index (χ1) is 9.11. The predicted octanol–water partition coefficient (Wildman–Crippen LogP) is 4.09. The SMILES string of the molecule is CCCn1ccnc1CC(O)c1cc(Br)ccc1Br. The molecule has 0 aliphatic rings. The fourth-order valence-corrected chi connectivity index (χ4v) is 2.92.